The molecule has 1 aromatic carbocycles. The second-order valence-electron chi connectivity index (χ2n) is 4.11. The quantitative estimate of drug-likeness (QED) is 0.811. The molecule has 2 N–H and O–H groups in total. The number of ether oxygens (including phenoxy) is 2. The summed E-state index contributed by atoms with van der Waals surface area (Å²) in [4.78, 5) is 11.0. The summed E-state index contributed by atoms with van der Waals surface area (Å²) in [6, 6.07) is 5.26. The molecule has 0 aliphatic heterocycles. The fourth-order valence-electron chi connectivity index (χ4n) is 1.55. The van der Waals surface area contributed by atoms with E-state index in [9.17, 15) is 4.79 Å². The van der Waals surface area contributed by atoms with E-state index in [2.05, 4.69) is 10.2 Å². The zero-order valence-electron chi connectivity index (χ0n) is 11.8. The van der Waals surface area contributed by atoms with Gasteiger partial charge in [0.2, 0.25) is 11.8 Å². The first-order valence-corrected chi connectivity index (χ1v) is 6.95. The Kier molecular flexibility index (Phi) is 4.69. The van der Waals surface area contributed by atoms with Gasteiger partial charge in [0, 0.05) is 5.56 Å². The van der Waals surface area contributed by atoms with Gasteiger partial charge >= 0.3 is 0 Å². The zero-order valence-corrected chi connectivity index (χ0v) is 12.6. The molecule has 0 fully saturated rings. The normalized spacial score (nSPS) is 12.0. The number of rotatable bonds is 6. The van der Waals surface area contributed by atoms with Crippen molar-refractivity contribution in [2.24, 2.45) is 5.73 Å². The van der Waals surface area contributed by atoms with Gasteiger partial charge in [-0.05, 0) is 25.1 Å². The van der Waals surface area contributed by atoms with E-state index in [0.29, 0.717) is 23.0 Å². The second-order valence-corrected chi connectivity index (χ2v) is 5.40. The van der Waals surface area contributed by atoms with Crippen LogP contribution in [0.1, 0.15) is 6.92 Å². The molecular weight excluding hydrogens is 294 g/mol. The van der Waals surface area contributed by atoms with Crippen molar-refractivity contribution < 1.29 is 18.7 Å². The fourth-order valence-corrected chi connectivity index (χ4v) is 2.19. The maximum absolute atomic E-state index is 11.0. The Bertz CT molecular complexity index is 644. The molecule has 0 saturated carbocycles. The number of thioether (sulfide) groups is 1. The lowest BCUT2D eigenvalue weighted by Crippen LogP contribution is -2.22. The van der Waals surface area contributed by atoms with Crippen LogP contribution in [0.4, 0.5) is 0 Å². The smallest absolute Gasteiger partial charge is 0.277 e. The van der Waals surface area contributed by atoms with Gasteiger partial charge in [-0.2, -0.15) is 0 Å². The van der Waals surface area contributed by atoms with Gasteiger partial charge in [0.15, 0.2) is 11.5 Å². The predicted octanol–water partition coefficient (Wildman–Crippen LogP) is 1.72. The SMILES string of the molecule is COc1ccc(-c2nnc(S[C@H](C)C(N)=O)o2)cc1OC. The summed E-state index contributed by atoms with van der Waals surface area (Å²) in [6.07, 6.45) is 0. The molecule has 0 bridgehead atoms. The van der Waals surface area contributed by atoms with Gasteiger partial charge < -0.3 is 19.6 Å². The van der Waals surface area contributed by atoms with E-state index in [1.54, 1.807) is 39.3 Å². The summed E-state index contributed by atoms with van der Waals surface area (Å²) in [6.45, 7) is 1.67. The summed E-state index contributed by atoms with van der Waals surface area (Å²) in [5.74, 6) is 1.06. The monoisotopic (exact) mass is 309 g/mol. The number of methoxy groups -OCH3 is 2. The number of nitrogens with zero attached hydrogens (tertiary/aromatic N) is 2. The molecular formula is C13H15N3O4S. The van der Waals surface area contributed by atoms with Gasteiger partial charge in [-0.3, -0.25) is 4.79 Å². The Morgan fingerprint density at radius 3 is 2.62 bits per heavy atom. The number of nitrogens with two attached hydrogens (primary N) is 1. The average molecular weight is 309 g/mol. The van der Waals surface area contributed by atoms with E-state index in [0.717, 1.165) is 11.8 Å². The third kappa shape index (κ3) is 3.46. The summed E-state index contributed by atoms with van der Waals surface area (Å²) in [5, 5.41) is 7.67. The fraction of sp³-hybridized carbons (Fsp3) is 0.308. The first kappa shape index (κ1) is 15.2. The van der Waals surface area contributed by atoms with Crippen molar-refractivity contribution in [3.63, 3.8) is 0 Å². The van der Waals surface area contributed by atoms with Gasteiger partial charge in [0.25, 0.3) is 5.22 Å². The number of primary amides is 1. The average Bonchev–Trinajstić information content (AvgIpc) is 2.94. The summed E-state index contributed by atoms with van der Waals surface area (Å²) >= 11 is 1.11. The summed E-state index contributed by atoms with van der Waals surface area (Å²) < 4.78 is 15.9. The number of carbonyl (C=O) groups is 1. The standard InChI is InChI=1S/C13H15N3O4S/c1-7(11(14)17)21-13-16-15-12(20-13)8-4-5-9(18-2)10(6-8)19-3/h4-7H,1-3H3,(H2,14,17)/t7-/m1/s1. The topological polar surface area (TPSA) is 100 Å². The highest BCUT2D eigenvalue weighted by molar-refractivity contribution is 8.00. The van der Waals surface area contributed by atoms with Gasteiger partial charge in [0.1, 0.15) is 0 Å². The molecule has 0 aliphatic rings. The Balaban J connectivity index is 2.23. The zero-order chi connectivity index (χ0) is 15.4. The van der Waals surface area contributed by atoms with Crippen LogP contribution in [0, 0.1) is 0 Å². The molecule has 0 aliphatic carbocycles. The van der Waals surface area contributed by atoms with E-state index in [-0.39, 0.29) is 5.22 Å². The lowest BCUT2D eigenvalue weighted by molar-refractivity contribution is -0.117. The van der Waals surface area contributed by atoms with Gasteiger partial charge in [-0.25, -0.2) is 0 Å². The molecule has 0 unspecified atom stereocenters. The summed E-state index contributed by atoms with van der Waals surface area (Å²) in [5.41, 5.74) is 5.88. The Hall–Kier alpha value is -2.22. The highest BCUT2D eigenvalue weighted by atomic mass is 32.2. The van der Waals surface area contributed by atoms with Crippen LogP contribution in [0.2, 0.25) is 0 Å². The van der Waals surface area contributed by atoms with Crippen molar-refractivity contribution in [1.29, 1.82) is 0 Å². The summed E-state index contributed by atoms with van der Waals surface area (Å²) in [7, 11) is 3.11. The van der Waals surface area contributed by atoms with E-state index in [1.165, 1.54) is 0 Å². The molecule has 21 heavy (non-hydrogen) atoms. The van der Waals surface area contributed by atoms with Crippen molar-refractivity contribution in [2.45, 2.75) is 17.4 Å². The largest absolute Gasteiger partial charge is 0.493 e. The molecule has 1 heterocycles. The first-order valence-electron chi connectivity index (χ1n) is 6.07. The highest BCUT2D eigenvalue weighted by Gasteiger charge is 2.17. The van der Waals surface area contributed by atoms with Gasteiger partial charge in [0.05, 0.1) is 19.5 Å². The van der Waals surface area contributed by atoms with E-state index >= 15 is 0 Å². The number of carbonyl (C=O) groups excluding carboxylic acids is 1. The minimum Gasteiger partial charge on any atom is -0.493 e. The molecule has 0 spiro atoms. The molecule has 112 valence electrons. The van der Waals surface area contributed by atoms with Crippen LogP contribution in [0.25, 0.3) is 11.5 Å². The Labute approximate surface area is 125 Å². The van der Waals surface area contributed by atoms with Crippen LogP contribution < -0.4 is 15.2 Å². The number of hydrogen-bond donors (Lipinski definition) is 1. The van der Waals surface area contributed by atoms with Gasteiger partial charge in [-0.1, -0.05) is 11.8 Å². The molecule has 7 nitrogen and oxygen atoms in total. The number of hydrogen-bond acceptors (Lipinski definition) is 7. The highest BCUT2D eigenvalue weighted by Crippen LogP contribution is 2.33. The number of benzene rings is 1. The van der Waals surface area contributed by atoms with Crippen molar-refractivity contribution in [3.8, 4) is 23.0 Å². The van der Waals surface area contributed by atoms with Crippen molar-refractivity contribution in [3.05, 3.63) is 18.2 Å². The molecule has 1 aromatic heterocycles. The maximum Gasteiger partial charge on any atom is 0.277 e. The molecule has 8 heteroatoms. The molecule has 0 saturated heterocycles. The van der Waals surface area contributed by atoms with Crippen LogP contribution in [-0.2, 0) is 4.79 Å². The Morgan fingerprint density at radius 2 is 2.00 bits per heavy atom. The van der Waals surface area contributed by atoms with Crippen LogP contribution in [0.15, 0.2) is 27.8 Å². The van der Waals surface area contributed by atoms with Crippen LogP contribution in [0.3, 0.4) is 0 Å². The minimum atomic E-state index is -0.441. The number of amides is 1. The third-order valence-corrected chi connectivity index (χ3v) is 3.67. The lowest BCUT2D eigenvalue weighted by atomic mass is 10.2. The minimum absolute atomic E-state index is 0.283. The molecule has 1 atom stereocenters. The van der Waals surface area contributed by atoms with E-state index in [4.69, 9.17) is 19.6 Å². The second kappa shape index (κ2) is 6.49. The van der Waals surface area contributed by atoms with Crippen LogP contribution >= 0.6 is 11.8 Å². The predicted molar refractivity (Wildman–Crippen MR) is 77.4 cm³/mol. The van der Waals surface area contributed by atoms with E-state index < -0.39 is 11.2 Å². The van der Waals surface area contributed by atoms with Crippen LogP contribution in [-0.4, -0.2) is 35.6 Å². The van der Waals surface area contributed by atoms with Crippen molar-refractivity contribution >= 4 is 17.7 Å². The van der Waals surface area contributed by atoms with E-state index in [1.807, 2.05) is 0 Å². The first-order chi connectivity index (χ1) is 10.0. The molecule has 2 aromatic rings. The lowest BCUT2D eigenvalue weighted by Gasteiger charge is -2.07. The molecule has 0 radical (unpaired) electrons. The van der Waals surface area contributed by atoms with Crippen molar-refractivity contribution in [2.75, 3.05) is 14.2 Å². The van der Waals surface area contributed by atoms with Gasteiger partial charge in [-0.15, -0.1) is 10.2 Å². The Morgan fingerprint density at radius 1 is 1.29 bits per heavy atom. The van der Waals surface area contributed by atoms with Crippen LogP contribution in [0.5, 0.6) is 11.5 Å². The molecule has 2 rings (SSSR count). The molecule has 1 amide bonds. The third-order valence-electron chi connectivity index (χ3n) is 2.72. The maximum atomic E-state index is 11.0. The number of aromatic nitrogens is 2. The van der Waals surface area contributed by atoms with Crippen molar-refractivity contribution in [1.82, 2.24) is 10.2 Å².